The van der Waals surface area contributed by atoms with Crippen molar-refractivity contribution >= 4 is 49.5 Å². The standard InChI is InChI=1S/C24H25BrN6O3/c25-15-7-12-1-2-13(8-16(12)30-22(15)27)18-3-5-24(10-34-18)9-17(19(32)20(24)33)31-6-4-14-21(26)28-11-29-23(14)31/h1-2,4,6-8,11,17-20,32-33H,3,5,9-10H2,(H2,27,30)(H2,26,28,29). The van der Waals surface area contributed by atoms with Crippen molar-refractivity contribution in [1.82, 2.24) is 19.5 Å². The van der Waals surface area contributed by atoms with E-state index < -0.39 is 17.6 Å². The second-order valence-corrected chi connectivity index (χ2v) is 10.3. The summed E-state index contributed by atoms with van der Waals surface area (Å²) in [7, 11) is 0. The minimum Gasteiger partial charge on any atom is -0.390 e. The highest BCUT2D eigenvalue weighted by atomic mass is 79.9. The Morgan fingerprint density at radius 3 is 2.76 bits per heavy atom. The zero-order chi connectivity index (χ0) is 23.6. The third-order valence-electron chi connectivity index (χ3n) is 7.53. The molecule has 1 aromatic carbocycles. The van der Waals surface area contributed by atoms with Crippen LogP contribution in [-0.2, 0) is 4.74 Å². The largest absolute Gasteiger partial charge is 0.390 e. The average molecular weight is 525 g/mol. The Morgan fingerprint density at radius 1 is 1.12 bits per heavy atom. The molecule has 6 N–H and O–H groups in total. The van der Waals surface area contributed by atoms with Crippen molar-refractivity contribution in [2.75, 3.05) is 18.1 Å². The lowest BCUT2D eigenvalue weighted by Crippen LogP contribution is -2.42. The second kappa shape index (κ2) is 7.88. The van der Waals surface area contributed by atoms with Crippen LogP contribution in [0.25, 0.3) is 21.9 Å². The van der Waals surface area contributed by atoms with Crippen molar-refractivity contribution in [2.45, 2.75) is 43.6 Å². The first-order chi connectivity index (χ1) is 16.4. The number of anilines is 2. The van der Waals surface area contributed by atoms with Gasteiger partial charge in [-0.1, -0.05) is 12.1 Å². The van der Waals surface area contributed by atoms with Crippen LogP contribution in [-0.4, -0.2) is 48.5 Å². The van der Waals surface area contributed by atoms with Crippen LogP contribution in [0.2, 0.25) is 0 Å². The summed E-state index contributed by atoms with van der Waals surface area (Å²) in [6, 6.07) is 9.56. The number of benzene rings is 1. The van der Waals surface area contributed by atoms with Crippen molar-refractivity contribution in [3.05, 3.63) is 52.9 Å². The van der Waals surface area contributed by atoms with Gasteiger partial charge in [0.2, 0.25) is 0 Å². The van der Waals surface area contributed by atoms with E-state index in [1.807, 2.05) is 41.1 Å². The molecule has 1 saturated heterocycles. The summed E-state index contributed by atoms with van der Waals surface area (Å²) in [6.45, 7) is 0.358. The number of halogens is 1. The molecule has 4 heterocycles. The normalized spacial score (nSPS) is 29.4. The van der Waals surface area contributed by atoms with E-state index >= 15 is 0 Å². The van der Waals surface area contributed by atoms with Crippen LogP contribution in [0.5, 0.6) is 0 Å². The SMILES string of the molecule is Nc1nc2cc(C3CCC4(CO3)CC(n3ccc5c(N)ncnc53)C(O)C4O)ccc2cc1Br. The highest BCUT2D eigenvalue weighted by molar-refractivity contribution is 9.10. The zero-order valence-corrected chi connectivity index (χ0v) is 19.9. The molecule has 0 amide bonds. The smallest absolute Gasteiger partial charge is 0.145 e. The Hall–Kier alpha value is -2.79. The van der Waals surface area contributed by atoms with E-state index in [4.69, 9.17) is 16.2 Å². The van der Waals surface area contributed by atoms with E-state index in [-0.39, 0.29) is 12.1 Å². The van der Waals surface area contributed by atoms with E-state index in [1.165, 1.54) is 6.33 Å². The van der Waals surface area contributed by atoms with E-state index in [1.54, 1.807) is 0 Å². The maximum absolute atomic E-state index is 11.1. The molecule has 176 valence electrons. The Bertz CT molecular complexity index is 1400. The molecule has 5 unspecified atom stereocenters. The molecule has 4 aromatic rings. The van der Waals surface area contributed by atoms with Gasteiger partial charge in [-0.15, -0.1) is 0 Å². The summed E-state index contributed by atoms with van der Waals surface area (Å²) in [4.78, 5) is 12.9. The molecule has 2 aliphatic rings. The Balaban J connectivity index is 1.24. The Labute approximate surface area is 203 Å². The number of fused-ring (bicyclic) bond motifs is 2. The number of hydrogen-bond donors (Lipinski definition) is 4. The lowest BCUT2D eigenvalue weighted by atomic mass is 9.76. The first-order valence-corrected chi connectivity index (χ1v) is 12.1. The summed E-state index contributed by atoms with van der Waals surface area (Å²) < 4.78 is 8.98. The molecule has 3 aromatic heterocycles. The summed E-state index contributed by atoms with van der Waals surface area (Å²) >= 11 is 3.42. The zero-order valence-electron chi connectivity index (χ0n) is 18.3. The van der Waals surface area contributed by atoms with E-state index in [0.717, 1.165) is 39.2 Å². The number of ether oxygens (including phenoxy) is 1. The van der Waals surface area contributed by atoms with Gasteiger partial charge >= 0.3 is 0 Å². The number of nitrogens with zero attached hydrogens (tertiary/aromatic N) is 4. The fourth-order valence-electron chi connectivity index (χ4n) is 5.62. The third kappa shape index (κ3) is 3.28. The van der Waals surface area contributed by atoms with Crippen molar-refractivity contribution in [2.24, 2.45) is 5.41 Å². The number of rotatable bonds is 2. The summed E-state index contributed by atoms with van der Waals surface area (Å²) in [6.07, 6.45) is 3.38. The quantitative estimate of drug-likeness (QED) is 0.313. The van der Waals surface area contributed by atoms with Crippen molar-refractivity contribution in [3.8, 4) is 0 Å². The number of aromatic nitrogens is 4. The van der Waals surface area contributed by atoms with Gasteiger partial charge in [-0.2, -0.15) is 0 Å². The molecular formula is C24H25BrN6O3. The second-order valence-electron chi connectivity index (χ2n) is 9.43. The van der Waals surface area contributed by atoms with Gasteiger partial charge in [0.25, 0.3) is 0 Å². The van der Waals surface area contributed by atoms with Crippen LogP contribution in [0.3, 0.4) is 0 Å². The average Bonchev–Trinajstić information content (AvgIpc) is 3.36. The van der Waals surface area contributed by atoms with E-state index in [9.17, 15) is 10.2 Å². The fraction of sp³-hybridized carbons (Fsp3) is 0.375. The maximum Gasteiger partial charge on any atom is 0.145 e. The highest BCUT2D eigenvalue weighted by Gasteiger charge is 2.55. The lowest BCUT2D eigenvalue weighted by Gasteiger charge is -2.40. The van der Waals surface area contributed by atoms with E-state index in [2.05, 4.69) is 30.9 Å². The molecule has 0 bridgehead atoms. The molecule has 9 nitrogen and oxygen atoms in total. The van der Waals surface area contributed by atoms with Crippen LogP contribution >= 0.6 is 15.9 Å². The minimum absolute atomic E-state index is 0.106. The van der Waals surface area contributed by atoms with Gasteiger partial charge in [0.05, 0.1) is 40.2 Å². The van der Waals surface area contributed by atoms with Crippen LogP contribution < -0.4 is 11.5 Å². The van der Waals surface area contributed by atoms with Crippen molar-refractivity contribution in [3.63, 3.8) is 0 Å². The molecule has 2 fully saturated rings. The van der Waals surface area contributed by atoms with Crippen LogP contribution in [0.1, 0.15) is 37.0 Å². The molecule has 10 heteroatoms. The third-order valence-corrected chi connectivity index (χ3v) is 8.16. The summed E-state index contributed by atoms with van der Waals surface area (Å²) in [5, 5.41) is 23.8. The molecular weight excluding hydrogens is 500 g/mol. The maximum atomic E-state index is 11.1. The number of nitrogen functional groups attached to an aromatic ring is 2. The fourth-order valence-corrected chi connectivity index (χ4v) is 5.96. The number of hydrogen-bond acceptors (Lipinski definition) is 8. The van der Waals surface area contributed by atoms with Crippen molar-refractivity contribution in [1.29, 1.82) is 0 Å². The van der Waals surface area contributed by atoms with Gasteiger partial charge in [-0.25, -0.2) is 15.0 Å². The monoisotopic (exact) mass is 524 g/mol. The topological polar surface area (TPSA) is 145 Å². The molecule has 34 heavy (non-hydrogen) atoms. The molecule has 1 aliphatic carbocycles. The summed E-state index contributed by atoms with van der Waals surface area (Å²) in [5.41, 5.74) is 13.9. The Kier molecular flexibility index (Phi) is 5.03. The van der Waals surface area contributed by atoms with Gasteiger partial charge < -0.3 is 31.0 Å². The van der Waals surface area contributed by atoms with Gasteiger partial charge in [0.1, 0.15) is 29.7 Å². The molecule has 1 spiro atoms. The molecule has 0 radical (unpaired) electrons. The van der Waals surface area contributed by atoms with Crippen LogP contribution in [0, 0.1) is 5.41 Å². The van der Waals surface area contributed by atoms with E-state index in [0.29, 0.717) is 30.3 Å². The van der Waals surface area contributed by atoms with Gasteiger partial charge in [-0.05, 0) is 59.0 Å². The molecule has 6 rings (SSSR count). The molecule has 5 atom stereocenters. The number of pyridine rings is 1. The van der Waals surface area contributed by atoms with Crippen molar-refractivity contribution < 1.29 is 14.9 Å². The lowest BCUT2D eigenvalue weighted by molar-refractivity contribution is -0.120. The first kappa shape index (κ1) is 21.7. The first-order valence-electron chi connectivity index (χ1n) is 11.3. The molecule has 1 aliphatic heterocycles. The Morgan fingerprint density at radius 2 is 1.97 bits per heavy atom. The van der Waals surface area contributed by atoms with Gasteiger partial charge in [-0.3, -0.25) is 0 Å². The number of aliphatic hydroxyl groups excluding tert-OH is 2. The number of aliphatic hydroxyl groups is 2. The predicted molar refractivity (Wildman–Crippen MR) is 132 cm³/mol. The van der Waals surface area contributed by atoms with Crippen LogP contribution in [0.4, 0.5) is 11.6 Å². The molecule has 1 saturated carbocycles. The predicted octanol–water partition coefficient (Wildman–Crippen LogP) is 3.11. The number of nitrogens with two attached hydrogens (primary N) is 2. The highest BCUT2D eigenvalue weighted by Crippen LogP contribution is 2.52. The minimum atomic E-state index is -0.932. The van der Waals surface area contributed by atoms with Gasteiger partial charge in [0, 0.05) is 17.0 Å². The van der Waals surface area contributed by atoms with Crippen LogP contribution in [0.15, 0.2) is 47.3 Å². The summed E-state index contributed by atoms with van der Waals surface area (Å²) in [5.74, 6) is 0.848. The van der Waals surface area contributed by atoms with Gasteiger partial charge in [0.15, 0.2) is 0 Å².